The van der Waals surface area contributed by atoms with Crippen molar-refractivity contribution in [3.8, 4) is 22.8 Å². The van der Waals surface area contributed by atoms with Crippen molar-refractivity contribution in [1.82, 2.24) is 14.8 Å². The largest absolute Gasteiger partial charge is 0.497 e. The van der Waals surface area contributed by atoms with Crippen LogP contribution in [0.1, 0.15) is 11.3 Å². The molecule has 0 atom stereocenters. The van der Waals surface area contributed by atoms with Gasteiger partial charge in [-0.15, -0.1) is 0 Å². The number of rotatable bonds is 7. The Morgan fingerprint density at radius 3 is 2.09 bits per heavy atom. The van der Waals surface area contributed by atoms with Gasteiger partial charge in [-0.25, -0.2) is 4.98 Å². The van der Waals surface area contributed by atoms with Crippen LogP contribution < -0.4 is 9.47 Å². The lowest BCUT2D eigenvalue weighted by molar-refractivity contribution is 0.120. The lowest BCUT2D eigenvalue weighted by Gasteiger charge is -2.34. The van der Waals surface area contributed by atoms with Gasteiger partial charge < -0.3 is 9.47 Å². The van der Waals surface area contributed by atoms with E-state index in [2.05, 4.69) is 9.80 Å². The molecule has 168 valence electrons. The van der Waals surface area contributed by atoms with Gasteiger partial charge in [0.05, 0.1) is 35.7 Å². The summed E-state index contributed by atoms with van der Waals surface area (Å²) in [6, 6.07) is 17.8. The van der Waals surface area contributed by atoms with E-state index in [1.54, 1.807) is 14.2 Å². The molecular weight excluding hydrogens is 445 g/mol. The molecule has 7 heteroatoms. The number of hydrogen-bond acceptors (Lipinski definition) is 5. The molecule has 0 unspecified atom stereocenters. The standard InChI is InChI=1S/C25H27Cl2N3O2/c1-31-20-6-4-19(5-7-20)23-9-10-25(32-2)24(28-23)17-30-13-11-29(12-14-30)16-18-3-8-21(26)22(27)15-18/h3-10,15H,11-14,16-17H2,1-2H3. The van der Waals surface area contributed by atoms with Crippen LogP contribution in [0.2, 0.25) is 10.0 Å². The maximum absolute atomic E-state index is 6.16. The maximum atomic E-state index is 6.16. The Balaban J connectivity index is 1.39. The van der Waals surface area contributed by atoms with Gasteiger partial charge in [-0.3, -0.25) is 9.80 Å². The highest BCUT2D eigenvalue weighted by Crippen LogP contribution is 2.27. The Bertz CT molecular complexity index is 1050. The summed E-state index contributed by atoms with van der Waals surface area (Å²) >= 11 is 12.2. The third-order valence-electron chi connectivity index (χ3n) is 5.77. The molecule has 2 heterocycles. The molecule has 1 aromatic heterocycles. The number of hydrogen-bond donors (Lipinski definition) is 0. The molecule has 1 aliphatic heterocycles. The summed E-state index contributed by atoms with van der Waals surface area (Å²) in [5, 5.41) is 1.20. The van der Waals surface area contributed by atoms with Crippen LogP contribution in [0.3, 0.4) is 0 Å². The number of nitrogens with zero attached hydrogens (tertiary/aromatic N) is 3. The minimum absolute atomic E-state index is 0.596. The van der Waals surface area contributed by atoms with Crippen molar-refractivity contribution in [2.45, 2.75) is 13.1 Å². The van der Waals surface area contributed by atoms with Crippen LogP contribution in [-0.4, -0.2) is 55.2 Å². The predicted molar refractivity (Wildman–Crippen MR) is 130 cm³/mol. The summed E-state index contributed by atoms with van der Waals surface area (Å²) < 4.78 is 10.9. The zero-order valence-corrected chi connectivity index (χ0v) is 19.9. The summed E-state index contributed by atoms with van der Waals surface area (Å²) in [6.07, 6.45) is 0. The van der Waals surface area contributed by atoms with Gasteiger partial charge in [0.1, 0.15) is 11.5 Å². The van der Waals surface area contributed by atoms with Crippen LogP contribution in [-0.2, 0) is 13.1 Å². The van der Waals surface area contributed by atoms with Gasteiger partial charge in [0.2, 0.25) is 0 Å². The predicted octanol–water partition coefficient (Wildman–Crippen LogP) is 5.39. The van der Waals surface area contributed by atoms with E-state index in [0.29, 0.717) is 10.0 Å². The first-order valence-electron chi connectivity index (χ1n) is 10.6. The lowest BCUT2D eigenvalue weighted by Crippen LogP contribution is -2.45. The van der Waals surface area contributed by atoms with E-state index in [1.165, 1.54) is 5.56 Å². The third-order valence-corrected chi connectivity index (χ3v) is 6.51. The van der Waals surface area contributed by atoms with Gasteiger partial charge in [-0.2, -0.15) is 0 Å². The Morgan fingerprint density at radius 2 is 1.47 bits per heavy atom. The van der Waals surface area contributed by atoms with Gasteiger partial charge in [0, 0.05) is 44.8 Å². The summed E-state index contributed by atoms with van der Waals surface area (Å²) in [7, 11) is 3.37. The van der Waals surface area contributed by atoms with Crippen LogP contribution in [0.5, 0.6) is 11.5 Å². The van der Waals surface area contributed by atoms with Crippen LogP contribution in [0.4, 0.5) is 0 Å². The number of piperazine rings is 1. The molecule has 3 aromatic rings. The zero-order valence-electron chi connectivity index (χ0n) is 18.4. The molecule has 0 bridgehead atoms. The van der Waals surface area contributed by atoms with E-state index in [1.807, 2.05) is 54.6 Å². The molecule has 0 aliphatic carbocycles. The van der Waals surface area contributed by atoms with Crippen molar-refractivity contribution in [2.75, 3.05) is 40.4 Å². The van der Waals surface area contributed by atoms with Crippen LogP contribution in [0, 0.1) is 0 Å². The van der Waals surface area contributed by atoms with Crippen molar-refractivity contribution in [1.29, 1.82) is 0 Å². The molecule has 0 amide bonds. The number of ether oxygens (including phenoxy) is 2. The zero-order chi connectivity index (χ0) is 22.5. The molecule has 0 radical (unpaired) electrons. The monoisotopic (exact) mass is 471 g/mol. The fourth-order valence-electron chi connectivity index (χ4n) is 3.92. The first kappa shape index (κ1) is 22.9. The van der Waals surface area contributed by atoms with E-state index >= 15 is 0 Å². The Morgan fingerprint density at radius 1 is 0.781 bits per heavy atom. The first-order valence-corrected chi connectivity index (χ1v) is 11.4. The van der Waals surface area contributed by atoms with E-state index in [9.17, 15) is 0 Å². The number of methoxy groups -OCH3 is 2. The minimum atomic E-state index is 0.596. The van der Waals surface area contributed by atoms with Crippen LogP contribution in [0.25, 0.3) is 11.3 Å². The molecule has 1 fully saturated rings. The van der Waals surface area contributed by atoms with Gasteiger partial charge in [0.25, 0.3) is 0 Å². The number of halogens is 2. The molecule has 4 rings (SSSR count). The third kappa shape index (κ3) is 5.54. The molecule has 0 saturated carbocycles. The Labute approximate surface area is 199 Å². The second kappa shape index (κ2) is 10.5. The van der Waals surface area contributed by atoms with E-state index in [0.717, 1.165) is 67.7 Å². The van der Waals surface area contributed by atoms with Gasteiger partial charge >= 0.3 is 0 Å². The molecule has 1 aliphatic rings. The average molecular weight is 472 g/mol. The number of benzene rings is 2. The van der Waals surface area contributed by atoms with Crippen molar-refractivity contribution in [3.05, 3.63) is 75.9 Å². The van der Waals surface area contributed by atoms with Gasteiger partial charge in [-0.1, -0.05) is 29.3 Å². The van der Waals surface area contributed by atoms with Gasteiger partial charge in [0.15, 0.2) is 0 Å². The molecule has 5 nitrogen and oxygen atoms in total. The summed E-state index contributed by atoms with van der Waals surface area (Å²) in [5.41, 5.74) is 4.13. The second-order valence-electron chi connectivity index (χ2n) is 7.87. The topological polar surface area (TPSA) is 37.8 Å². The quantitative estimate of drug-likeness (QED) is 0.461. The van der Waals surface area contributed by atoms with Gasteiger partial charge in [-0.05, 0) is 54.1 Å². The Hall–Kier alpha value is -2.31. The van der Waals surface area contributed by atoms with E-state index in [-0.39, 0.29) is 0 Å². The highest BCUT2D eigenvalue weighted by Gasteiger charge is 2.20. The average Bonchev–Trinajstić information content (AvgIpc) is 2.83. The highest BCUT2D eigenvalue weighted by molar-refractivity contribution is 6.42. The molecule has 0 N–H and O–H groups in total. The van der Waals surface area contributed by atoms with Crippen molar-refractivity contribution < 1.29 is 9.47 Å². The van der Waals surface area contributed by atoms with Crippen molar-refractivity contribution in [3.63, 3.8) is 0 Å². The Kier molecular flexibility index (Phi) is 7.53. The molecule has 32 heavy (non-hydrogen) atoms. The summed E-state index contributed by atoms with van der Waals surface area (Å²) in [4.78, 5) is 9.78. The van der Waals surface area contributed by atoms with Crippen LogP contribution >= 0.6 is 23.2 Å². The molecule has 2 aromatic carbocycles. The minimum Gasteiger partial charge on any atom is -0.497 e. The lowest BCUT2D eigenvalue weighted by atomic mass is 10.1. The number of pyridine rings is 1. The number of aromatic nitrogens is 1. The first-order chi connectivity index (χ1) is 15.6. The molecule has 1 saturated heterocycles. The fourth-order valence-corrected chi connectivity index (χ4v) is 4.24. The second-order valence-corrected chi connectivity index (χ2v) is 8.69. The van der Waals surface area contributed by atoms with Crippen molar-refractivity contribution >= 4 is 23.2 Å². The van der Waals surface area contributed by atoms with E-state index in [4.69, 9.17) is 37.7 Å². The summed E-state index contributed by atoms with van der Waals surface area (Å²) in [5.74, 6) is 1.65. The fraction of sp³-hybridized carbons (Fsp3) is 0.320. The van der Waals surface area contributed by atoms with Crippen LogP contribution in [0.15, 0.2) is 54.6 Å². The highest BCUT2D eigenvalue weighted by atomic mass is 35.5. The van der Waals surface area contributed by atoms with E-state index < -0.39 is 0 Å². The summed E-state index contributed by atoms with van der Waals surface area (Å²) in [6.45, 7) is 5.55. The molecule has 0 spiro atoms. The smallest absolute Gasteiger partial charge is 0.141 e. The SMILES string of the molecule is COc1ccc(-c2ccc(OC)c(CN3CCN(Cc4ccc(Cl)c(Cl)c4)CC3)n2)cc1. The van der Waals surface area contributed by atoms with Crippen molar-refractivity contribution in [2.24, 2.45) is 0 Å². The maximum Gasteiger partial charge on any atom is 0.141 e. The molecular formula is C25H27Cl2N3O2. The normalized spacial score (nSPS) is 15.0.